The van der Waals surface area contributed by atoms with Gasteiger partial charge in [-0.1, -0.05) is 6.92 Å². The number of nitrogens with one attached hydrogen (secondary N) is 1. The van der Waals surface area contributed by atoms with Gasteiger partial charge in [-0.3, -0.25) is 0 Å². The summed E-state index contributed by atoms with van der Waals surface area (Å²) < 4.78 is 5.36. The number of hydrogen-bond acceptors (Lipinski definition) is 4. The monoisotopic (exact) mass is 271 g/mol. The van der Waals surface area contributed by atoms with Crippen LogP contribution in [0.1, 0.15) is 23.9 Å². The second-order valence-corrected chi connectivity index (χ2v) is 4.79. The van der Waals surface area contributed by atoms with Crippen molar-refractivity contribution in [3.63, 3.8) is 0 Å². The molecule has 0 spiro atoms. The van der Waals surface area contributed by atoms with Crippen molar-refractivity contribution in [1.29, 1.82) is 0 Å². The third-order valence-electron chi connectivity index (χ3n) is 3.36. The molecular weight excluding hydrogens is 250 g/mol. The van der Waals surface area contributed by atoms with Crippen LogP contribution >= 0.6 is 0 Å². The fourth-order valence-electron chi connectivity index (χ4n) is 2.21. The number of aromatic nitrogens is 2. The first kappa shape index (κ1) is 14.3. The maximum absolute atomic E-state index is 5.36. The summed E-state index contributed by atoms with van der Waals surface area (Å²) >= 11 is 0. The number of ether oxygens (including phenoxy) is 1. The predicted octanol–water partition coefficient (Wildman–Crippen LogP) is 3.37. The third kappa shape index (κ3) is 2.74. The summed E-state index contributed by atoms with van der Waals surface area (Å²) in [6.45, 7) is 6.18. The van der Waals surface area contributed by atoms with Crippen molar-refractivity contribution in [3.05, 3.63) is 35.2 Å². The molecule has 0 atom stereocenters. The Morgan fingerprint density at radius 2 is 1.85 bits per heavy atom. The fraction of sp³-hybridized carbons (Fsp3) is 0.375. The summed E-state index contributed by atoms with van der Waals surface area (Å²) in [4.78, 5) is 9.07. The summed E-state index contributed by atoms with van der Waals surface area (Å²) in [5.41, 5.74) is 4.33. The number of hydrogen-bond donors (Lipinski definition) is 1. The van der Waals surface area contributed by atoms with E-state index in [1.54, 1.807) is 7.11 Å². The van der Waals surface area contributed by atoms with Crippen molar-refractivity contribution in [1.82, 2.24) is 9.97 Å². The topological polar surface area (TPSA) is 47.0 Å². The van der Waals surface area contributed by atoms with Crippen LogP contribution in [0.25, 0.3) is 11.3 Å². The van der Waals surface area contributed by atoms with Gasteiger partial charge in [-0.2, -0.15) is 0 Å². The third-order valence-corrected chi connectivity index (χ3v) is 3.36. The van der Waals surface area contributed by atoms with Crippen molar-refractivity contribution in [3.8, 4) is 17.0 Å². The van der Waals surface area contributed by atoms with E-state index in [4.69, 9.17) is 4.74 Å². The molecule has 0 fully saturated rings. The van der Waals surface area contributed by atoms with E-state index in [0.717, 1.165) is 46.2 Å². The van der Waals surface area contributed by atoms with Gasteiger partial charge in [0.1, 0.15) is 17.4 Å². The number of anilines is 1. The second kappa shape index (κ2) is 5.90. The Morgan fingerprint density at radius 1 is 1.10 bits per heavy atom. The van der Waals surface area contributed by atoms with Gasteiger partial charge >= 0.3 is 0 Å². The molecular formula is C16H21N3O. The summed E-state index contributed by atoms with van der Waals surface area (Å²) in [6, 6.07) is 6.15. The molecule has 20 heavy (non-hydrogen) atoms. The molecule has 0 unspecified atom stereocenters. The smallest absolute Gasteiger partial charge is 0.131 e. The van der Waals surface area contributed by atoms with Gasteiger partial charge in [-0.05, 0) is 37.1 Å². The van der Waals surface area contributed by atoms with Crippen LogP contribution in [-0.2, 0) is 6.42 Å². The van der Waals surface area contributed by atoms with E-state index < -0.39 is 0 Å². The van der Waals surface area contributed by atoms with Gasteiger partial charge in [0, 0.05) is 25.1 Å². The number of nitrogens with zero attached hydrogens (tertiary/aromatic N) is 2. The summed E-state index contributed by atoms with van der Waals surface area (Å²) in [5.74, 6) is 2.60. The van der Waals surface area contributed by atoms with Gasteiger partial charge in [-0.15, -0.1) is 0 Å². The maximum atomic E-state index is 5.36. The van der Waals surface area contributed by atoms with Gasteiger partial charge < -0.3 is 10.1 Å². The molecule has 0 aliphatic carbocycles. The van der Waals surface area contributed by atoms with E-state index in [1.165, 1.54) is 0 Å². The van der Waals surface area contributed by atoms with Crippen molar-refractivity contribution < 1.29 is 4.74 Å². The molecule has 4 heteroatoms. The highest BCUT2D eigenvalue weighted by Gasteiger charge is 2.10. The van der Waals surface area contributed by atoms with E-state index >= 15 is 0 Å². The Bertz CT molecular complexity index is 601. The molecule has 0 aliphatic heterocycles. The van der Waals surface area contributed by atoms with Crippen LogP contribution in [-0.4, -0.2) is 24.1 Å². The van der Waals surface area contributed by atoms with Crippen LogP contribution in [0.5, 0.6) is 5.75 Å². The first-order chi connectivity index (χ1) is 9.58. The van der Waals surface area contributed by atoms with Crippen LogP contribution < -0.4 is 10.1 Å². The molecule has 0 aliphatic rings. The molecule has 1 aromatic carbocycles. The minimum absolute atomic E-state index is 0.816. The molecule has 4 nitrogen and oxygen atoms in total. The lowest BCUT2D eigenvalue weighted by Gasteiger charge is -2.12. The molecule has 0 amide bonds. The SMILES string of the molecule is CCc1nc(NC)cc(-c2cc(C)c(OC)cc2C)n1. The molecule has 106 valence electrons. The van der Waals surface area contributed by atoms with E-state index in [1.807, 2.05) is 20.0 Å². The lowest BCUT2D eigenvalue weighted by atomic mass is 10.0. The summed E-state index contributed by atoms with van der Waals surface area (Å²) in [5, 5.41) is 3.09. The largest absolute Gasteiger partial charge is 0.496 e. The predicted molar refractivity (Wildman–Crippen MR) is 82.4 cm³/mol. The standard InChI is InChI=1S/C16H21N3O/c1-6-15-18-13(9-16(17-4)19-15)12-7-11(3)14(20-5)8-10(12)2/h7-9H,6H2,1-5H3,(H,17,18,19). The Labute approximate surface area is 120 Å². The summed E-state index contributed by atoms with van der Waals surface area (Å²) in [6.07, 6.45) is 0.816. The molecule has 1 heterocycles. The van der Waals surface area contributed by atoms with Gasteiger partial charge in [0.25, 0.3) is 0 Å². The normalized spacial score (nSPS) is 10.4. The minimum Gasteiger partial charge on any atom is -0.496 e. The minimum atomic E-state index is 0.816. The zero-order chi connectivity index (χ0) is 14.7. The highest BCUT2D eigenvalue weighted by molar-refractivity contribution is 5.68. The highest BCUT2D eigenvalue weighted by Crippen LogP contribution is 2.30. The molecule has 2 rings (SSSR count). The van der Waals surface area contributed by atoms with Crippen molar-refractivity contribution >= 4 is 5.82 Å². The number of rotatable bonds is 4. The van der Waals surface area contributed by atoms with Crippen molar-refractivity contribution in [2.75, 3.05) is 19.5 Å². The van der Waals surface area contributed by atoms with Gasteiger partial charge in [0.05, 0.1) is 12.8 Å². The highest BCUT2D eigenvalue weighted by atomic mass is 16.5. The first-order valence-electron chi connectivity index (χ1n) is 6.80. The zero-order valence-electron chi connectivity index (χ0n) is 12.7. The van der Waals surface area contributed by atoms with Crippen LogP contribution in [0.4, 0.5) is 5.82 Å². The fourth-order valence-corrected chi connectivity index (χ4v) is 2.21. The Balaban J connectivity index is 2.58. The van der Waals surface area contributed by atoms with Gasteiger partial charge in [-0.25, -0.2) is 9.97 Å². The maximum Gasteiger partial charge on any atom is 0.131 e. The van der Waals surface area contributed by atoms with Crippen LogP contribution in [0.15, 0.2) is 18.2 Å². The molecule has 0 saturated heterocycles. The molecule has 1 N–H and O–H groups in total. The molecule has 0 saturated carbocycles. The number of aryl methyl sites for hydroxylation is 3. The molecule has 2 aromatic rings. The molecule has 0 radical (unpaired) electrons. The van der Waals surface area contributed by atoms with E-state index in [2.05, 4.69) is 41.3 Å². The van der Waals surface area contributed by atoms with Gasteiger partial charge in [0.15, 0.2) is 0 Å². The van der Waals surface area contributed by atoms with Crippen molar-refractivity contribution in [2.24, 2.45) is 0 Å². The quantitative estimate of drug-likeness (QED) is 0.926. The Hall–Kier alpha value is -2.10. The van der Waals surface area contributed by atoms with Crippen LogP contribution in [0.3, 0.4) is 0 Å². The lowest BCUT2D eigenvalue weighted by Crippen LogP contribution is -2.01. The van der Waals surface area contributed by atoms with Crippen LogP contribution in [0.2, 0.25) is 0 Å². The summed E-state index contributed by atoms with van der Waals surface area (Å²) in [7, 11) is 3.57. The van der Waals surface area contributed by atoms with E-state index in [0.29, 0.717) is 0 Å². The van der Waals surface area contributed by atoms with Crippen LogP contribution in [0, 0.1) is 13.8 Å². The average Bonchev–Trinajstić information content (AvgIpc) is 2.48. The average molecular weight is 271 g/mol. The number of methoxy groups -OCH3 is 1. The number of benzene rings is 1. The van der Waals surface area contributed by atoms with E-state index in [9.17, 15) is 0 Å². The van der Waals surface area contributed by atoms with Gasteiger partial charge in [0.2, 0.25) is 0 Å². The Kier molecular flexibility index (Phi) is 4.23. The zero-order valence-corrected chi connectivity index (χ0v) is 12.7. The molecule has 0 bridgehead atoms. The van der Waals surface area contributed by atoms with E-state index in [-0.39, 0.29) is 0 Å². The first-order valence-corrected chi connectivity index (χ1v) is 6.80. The van der Waals surface area contributed by atoms with Crippen molar-refractivity contribution in [2.45, 2.75) is 27.2 Å². The second-order valence-electron chi connectivity index (χ2n) is 4.79. The lowest BCUT2D eigenvalue weighted by molar-refractivity contribution is 0.411. The Morgan fingerprint density at radius 3 is 2.45 bits per heavy atom. The molecule has 1 aromatic heterocycles.